The summed E-state index contributed by atoms with van der Waals surface area (Å²) < 4.78 is 27.2. The molecular formula is C14H19N3O2S2. The Morgan fingerprint density at radius 1 is 1.33 bits per heavy atom. The monoisotopic (exact) mass is 325 g/mol. The van der Waals surface area contributed by atoms with E-state index in [0.717, 1.165) is 11.1 Å². The van der Waals surface area contributed by atoms with Gasteiger partial charge in [-0.15, -0.1) is 11.3 Å². The van der Waals surface area contributed by atoms with Gasteiger partial charge in [-0.05, 0) is 30.2 Å². The van der Waals surface area contributed by atoms with Crippen molar-refractivity contribution >= 4 is 26.5 Å². The van der Waals surface area contributed by atoms with Crippen molar-refractivity contribution in [2.24, 2.45) is 0 Å². The van der Waals surface area contributed by atoms with Crippen LogP contribution in [0.5, 0.6) is 0 Å². The maximum Gasteiger partial charge on any atom is 0.263 e. The standard InChI is InChI=1S/C14H19N3O2S2/c1-10(2)16-9-12-8-13(5-4-11(12)3)21(18,19)17-14-15-6-7-20-14/h4-8,10,16H,9H2,1-3H3,(H,15,17). The van der Waals surface area contributed by atoms with Gasteiger partial charge in [-0.25, -0.2) is 13.4 Å². The molecule has 1 aromatic heterocycles. The first-order valence-electron chi connectivity index (χ1n) is 6.64. The van der Waals surface area contributed by atoms with E-state index in [1.807, 2.05) is 13.0 Å². The van der Waals surface area contributed by atoms with Crippen LogP contribution in [0.4, 0.5) is 5.13 Å². The number of anilines is 1. The Labute approximate surface area is 129 Å². The second kappa shape index (κ2) is 6.55. The zero-order valence-electron chi connectivity index (χ0n) is 12.3. The molecule has 0 spiro atoms. The molecule has 0 radical (unpaired) electrons. The predicted octanol–water partition coefficient (Wildman–Crippen LogP) is 2.75. The van der Waals surface area contributed by atoms with Gasteiger partial charge in [0.2, 0.25) is 0 Å². The Bertz CT molecular complexity index is 695. The first-order chi connectivity index (χ1) is 9.88. The summed E-state index contributed by atoms with van der Waals surface area (Å²) in [5.41, 5.74) is 2.04. The Morgan fingerprint density at radius 2 is 2.10 bits per heavy atom. The van der Waals surface area contributed by atoms with E-state index in [1.165, 1.54) is 11.3 Å². The molecule has 0 atom stereocenters. The summed E-state index contributed by atoms with van der Waals surface area (Å²) in [5, 5.41) is 5.40. The summed E-state index contributed by atoms with van der Waals surface area (Å²) in [6, 6.07) is 5.50. The quantitative estimate of drug-likeness (QED) is 0.857. The van der Waals surface area contributed by atoms with Gasteiger partial charge in [-0.2, -0.15) is 0 Å². The number of aromatic nitrogens is 1. The van der Waals surface area contributed by atoms with Crippen molar-refractivity contribution in [3.8, 4) is 0 Å². The van der Waals surface area contributed by atoms with Gasteiger partial charge >= 0.3 is 0 Å². The lowest BCUT2D eigenvalue weighted by atomic mass is 10.1. The maximum atomic E-state index is 12.3. The van der Waals surface area contributed by atoms with E-state index in [2.05, 4.69) is 28.9 Å². The van der Waals surface area contributed by atoms with Crippen LogP contribution in [0, 0.1) is 6.92 Å². The molecule has 21 heavy (non-hydrogen) atoms. The third-order valence-electron chi connectivity index (χ3n) is 2.99. The molecule has 114 valence electrons. The molecule has 0 fully saturated rings. The first-order valence-corrected chi connectivity index (χ1v) is 9.00. The van der Waals surface area contributed by atoms with E-state index >= 15 is 0 Å². The predicted molar refractivity (Wildman–Crippen MR) is 86.1 cm³/mol. The topological polar surface area (TPSA) is 71.1 Å². The number of rotatable bonds is 6. The number of benzene rings is 1. The van der Waals surface area contributed by atoms with Crippen LogP contribution >= 0.6 is 11.3 Å². The molecule has 0 saturated carbocycles. The highest BCUT2D eigenvalue weighted by molar-refractivity contribution is 7.93. The van der Waals surface area contributed by atoms with Gasteiger partial charge in [0.05, 0.1) is 4.90 Å². The van der Waals surface area contributed by atoms with Crippen LogP contribution in [0.2, 0.25) is 0 Å². The molecule has 1 heterocycles. The number of hydrogen-bond donors (Lipinski definition) is 2. The zero-order valence-corrected chi connectivity index (χ0v) is 13.9. The van der Waals surface area contributed by atoms with Gasteiger partial charge in [0.1, 0.15) is 0 Å². The van der Waals surface area contributed by atoms with Crippen LogP contribution in [0.15, 0.2) is 34.7 Å². The zero-order chi connectivity index (χ0) is 15.5. The van der Waals surface area contributed by atoms with E-state index in [1.54, 1.807) is 23.7 Å². The molecule has 0 bridgehead atoms. The molecule has 7 heteroatoms. The number of nitrogens with zero attached hydrogens (tertiary/aromatic N) is 1. The van der Waals surface area contributed by atoms with Crippen molar-refractivity contribution in [2.75, 3.05) is 4.72 Å². The van der Waals surface area contributed by atoms with Gasteiger partial charge in [0.15, 0.2) is 5.13 Å². The van der Waals surface area contributed by atoms with E-state index in [-0.39, 0.29) is 4.90 Å². The molecule has 5 nitrogen and oxygen atoms in total. The molecule has 0 aliphatic heterocycles. The van der Waals surface area contributed by atoms with Crippen molar-refractivity contribution < 1.29 is 8.42 Å². The fourth-order valence-corrected chi connectivity index (χ4v) is 3.61. The second-order valence-electron chi connectivity index (χ2n) is 5.07. The molecule has 2 N–H and O–H groups in total. The molecule has 0 unspecified atom stereocenters. The summed E-state index contributed by atoms with van der Waals surface area (Å²) in [6.07, 6.45) is 1.57. The normalized spacial score (nSPS) is 11.8. The van der Waals surface area contributed by atoms with Crippen molar-refractivity contribution in [2.45, 2.75) is 38.3 Å². The lowest BCUT2D eigenvalue weighted by Crippen LogP contribution is -2.22. The third-order valence-corrected chi connectivity index (χ3v) is 5.14. The maximum absolute atomic E-state index is 12.3. The highest BCUT2D eigenvalue weighted by Gasteiger charge is 2.16. The average Bonchev–Trinajstić information content (AvgIpc) is 2.89. The number of aryl methyl sites for hydroxylation is 1. The second-order valence-corrected chi connectivity index (χ2v) is 7.64. The fourth-order valence-electron chi connectivity index (χ4n) is 1.77. The molecule has 0 aliphatic rings. The summed E-state index contributed by atoms with van der Waals surface area (Å²) in [4.78, 5) is 4.20. The van der Waals surface area contributed by atoms with Crippen molar-refractivity contribution in [1.29, 1.82) is 0 Å². The van der Waals surface area contributed by atoms with E-state index in [4.69, 9.17) is 0 Å². The molecule has 1 aromatic carbocycles. The average molecular weight is 325 g/mol. The Hall–Kier alpha value is -1.44. The molecule has 0 aliphatic carbocycles. The minimum atomic E-state index is -3.59. The van der Waals surface area contributed by atoms with Crippen LogP contribution < -0.4 is 10.0 Å². The summed E-state index contributed by atoms with van der Waals surface area (Å²) in [5.74, 6) is 0. The van der Waals surface area contributed by atoms with Crippen LogP contribution in [-0.2, 0) is 16.6 Å². The van der Waals surface area contributed by atoms with Crippen LogP contribution in [0.1, 0.15) is 25.0 Å². The van der Waals surface area contributed by atoms with Crippen molar-refractivity contribution in [3.63, 3.8) is 0 Å². The van der Waals surface area contributed by atoms with E-state index in [9.17, 15) is 8.42 Å². The van der Waals surface area contributed by atoms with Crippen LogP contribution in [-0.4, -0.2) is 19.4 Å². The number of nitrogens with one attached hydrogen (secondary N) is 2. The van der Waals surface area contributed by atoms with Crippen LogP contribution in [0.3, 0.4) is 0 Å². The molecule has 0 amide bonds. The number of hydrogen-bond acceptors (Lipinski definition) is 5. The summed E-state index contributed by atoms with van der Waals surface area (Å²) >= 11 is 1.25. The molecule has 2 rings (SSSR count). The summed E-state index contributed by atoms with van der Waals surface area (Å²) in [7, 11) is -3.59. The first kappa shape index (κ1) is 15.9. The van der Waals surface area contributed by atoms with Gasteiger partial charge in [0, 0.05) is 24.2 Å². The van der Waals surface area contributed by atoms with E-state index < -0.39 is 10.0 Å². The molecule has 0 saturated heterocycles. The third kappa shape index (κ3) is 4.26. The van der Waals surface area contributed by atoms with Gasteiger partial charge in [-0.1, -0.05) is 19.9 Å². The smallest absolute Gasteiger partial charge is 0.263 e. The Morgan fingerprint density at radius 3 is 2.71 bits per heavy atom. The lowest BCUT2D eigenvalue weighted by molar-refractivity contribution is 0.585. The van der Waals surface area contributed by atoms with Crippen molar-refractivity contribution in [3.05, 3.63) is 40.9 Å². The summed E-state index contributed by atoms with van der Waals surface area (Å²) in [6.45, 7) is 6.73. The van der Waals surface area contributed by atoms with Crippen molar-refractivity contribution in [1.82, 2.24) is 10.3 Å². The van der Waals surface area contributed by atoms with Gasteiger partial charge < -0.3 is 5.32 Å². The highest BCUT2D eigenvalue weighted by Crippen LogP contribution is 2.20. The largest absolute Gasteiger partial charge is 0.310 e. The minimum Gasteiger partial charge on any atom is -0.310 e. The SMILES string of the molecule is Cc1ccc(S(=O)(=O)Nc2nccs2)cc1CNC(C)C. The molecular weight excluding hydrogens is 306 g/mol. The fraction of sp³-hybridized carbons (Fsp3) is 0.357. The molecule has 2 aromatic rings. The van der Waals surface area contributed by atoms with Gasteiger partial charge in [-0.3, -0.25) is 4.72 Å². The Balaban J connectivity index is 2.25. The van der Waals surface area contributed by atoms with Crippen LogP contribution in [0.25, 0.3) is 0 Å². The highest BCUT2D eigenvalue weighted by atomic mass is 32.2. The number of thiazole rings is 1. The van der Waals surface area contributed by atoms with Gasteiger partial charge in [0.25, 0.3) is 10.0 Å². The minimum absolute atomic E-state index is 0.254. The lowest BCUT2D eigenvalue weighted by Gasteiger charge is -2.12. The van der Waals surface area contributed by atoms with E-state index in [0.29, 0.717) is 17.7 Å². The Kier molecular flexibility index (Phi) is 4.97. The number of sulfonamides is 1.